The van der Waals surface area contributed by atoms with Crippen molar-refractivity contribution in [3.8, 4) is 11.3 Å². The molecule has 2 aromatic carbocycles. The molecule has 3 aromatic rings. The van der Waals surface area contributed by atoms with Crippen LogP contribution in [0.3, 0.4) is 0 Å². The SMILES string of the molecule is COCC(=O)NC[C@H]1CC[C@H](C(C)N2C=CN=C(N)/C2=C(/C)c2ccc3ccc(-c4ccccc4)nc3c2)CC1. The standard InChI is InChI=1S/C33H39N5O2/c1-22(28-14-13-27-15-16-29(37-30(27)19-28)26-7-5-4-6-8-26)32-33(34)35-17-18-38(32)23(2)25-11-9-24(10-12-25)20-36-31(39)21-40-3/h4-8,13-19,23-25H,9-12,20-21H2,1-3H3,(H2,34,35)(H,36,39)/b32-22+/t23?,24-,25-. The predicted molar refractivity (Wildman–Crippen MR) is 162 cm³/mol. The first-order valence-corrected chi connectivity index (χ1v) is 14.2. The summed E-state index contributed by atoms with van der Waals surface area (Å²) >= 11 is 0. The van der Waals surface area contributed by atoms with Crippen LogP contribution < -0.4 is 11.1 Å². The normalized spacial score (nSPS) is 21.2. The molecule has 2 heterocycles. The number of aliphatic imine (C=N–C) groups is 1. The van der Waals surface area contributed by atoms with Gasteiger partial charge in [-0.25, -0.2) is 9.98 Å². The molecule has 1 aromatic heterocycles. The number of nitrogens with zero attached hydrogens (tertiary/aromatic N) is 3. The molecule has 0 bridgehead atoms. The molecule has 40 heavy (non-hydrogen) atoms. The zero-order valence-corrected chi connectivity index (χ0v) is 23.6. The Morgan fingerprint density at radius 1 is 1.10 bits per heavy atom. The van der Waals surface area contributed by atoms with Gasteiger partial charge in [-0.3, -0.25) is 4.79 Å². The number of rotatable bonds is 8. The Hall–Kier alpha value is -3.97. The first kappa shape index (κ1) is 27.6. The Labute approximate surface area is 236 Å². The zero-order valence-electron chi connectivity index (χ0n) is 23.6. The van der Waals surface area contributed by atoms with Crippen LogP contribution in [0, 0.1) is 11.8 Å². The van der Waals surface area contributed by atoms with Crippen LogP contribution in [0.15, 0.2) is 83.8 Å². The molecule has 1 amide bonds. The lowest BCUT2D eigenvalue weighted by Crippen LogP contribution is -2.42. The molecular formula is C33H39N5O2. The molecule has 5 rings (SSSR count). The third-order valence-corrected chi connectivity index (χ3v) is 8.37. The number of ether oxygens (including phenoxy) is 1. The van der Waals surface area contributed by atoms with E-state index in [0.29, 0.717) is 17.7 Å². The first-order valence-electron chi connectivity index (χ1n) is 14.2. The fourth-order valence-electron chi connectivity index (χ4n) is 5.98. The van der Waals surface area contributed by atoms with Crippen molar-refractivity contribution in [1.29, 1.82) is 0 Å². The summed E-state index contributed by atoms with van der Waals surface area (Å²) in [6, 6.07) is 21.2. The number of carbonyl (C=O) groups excluding carboxylic acids is 1. The largest absolute Gasteiger partial charge is 0.382 e. The van der Waals surface area contributed by atoms with Crippen LogP contribution in [0.4, 0.5) is 0 Å². The number of nitrogens with two attached hydrogens (primary N) is 1. The Morgan fingerprint density at radius 3 is 2.60 bits per heavy atom. The second-order valence-corrected chi connectivity index (χ2v) is 10.9. The smallest absolute Gasteiger partial charge is 0.245 e. The van der Waals surface area contributed by atoms with Gasteiger partial charge in [0.15, 0.2) is 0 Å². The number of hydrogen-bond acceptors (Lipinski definition) is 6. The number of nitrogens with one attached hydrogen (secondary N) is 1. The first-order chi connectivity index (χ1) is 19.4. The Morgan fingerprint density at radius 2 is 1.85 bits per heavy atom. The second kappa shape index (κ2) is 12.5. The molecule has 0 radical (unpaired) electrons. The van der Waals surface area contributed by atoms with Gasteiger partial charge in [-0.1, -0.05) is 48.5 Å². The van der Waals surface area contributed by atoms with Gasteiger partial charge in [0.25, 0.3) is 0 Å². The molecule has 1 aliphatic heterocycles. The van der Waals surface area contributed by atoms with Crippen molar-refractivity contribution in [3.63, 3.8) is 0 Å². The van der Waals surface area contributed by atoms with Crippen molar-refractivity contribution in [1.82, 2.24) is 15.2 Å². The Balaban J connectivity index is 1.35. The number of fused-ring (bicyclic) bond motifs is 1. The third kappa shape index (κ3) is 6.10. The lowest BCUT2D eigenvalue weighted by Gasteiger charge is -2.40. The van der Waals surface area contributed by atoms with E-state index < -0.39 is 0 Å². The summed E-state index contributed by atoms with van der Waals surface area (Å²) in [7, 11) is 1.54. The number of methoxy groups -OCH3 is 1. The lowest BCUT2D eigenvalue weighted by molar-refractivity contribution is -0.125. The highest BCUT2D eigenvalue weighted by Gasteiger charge is 2.31. The minimum Gasteiger partial charge on any atom is -0.382 e. The maximum Gasteiger partial charge on any atom is 0.245 e. The van der Waals surface area contributed by atoms with E-state index in [-0.39, 0.29) is 18.6 Å². The van der Waals surface area contributed by atoms with E-state index in [0.717, 1.165) is 71.2 Å². The van der Waals surface area contributed by atoms with Crippen LogP contribution in [0.5, 0.6) is 0 Å². The summed E-state index contributed by atoms with van der Waals surface area (Å²) in [6.07, 6.45) is 8.28. The fraction of sp³-hybridized carbons (Fsp3) is 0.364. The van der Waals surface area contributed by atoms with Gasteiger partial charge in [-0.2, -0.15) is 0 Å². The highest BCUT2D eigenvalue weighted by molar-refractivity contribution is 6.04. The quantitative estimate of drug-likeness (QED) is 0.383. The summed E-state index contributed by atoms with van der Waals surface area (Å²) in [5, 5.41) is 4.11. The van der Waals surface area contributed by atoms with Gasteiger partial charge in [-0.05, 0) is 74.6 Å². The molecule has 2 aliphatic rings. The molecule has 3 N–H and O–H groups in total. The number of amides is 1. The van der Waals surface area contributed by atoms with Crippen LogP contribution in [0.25, 0.3) is 27.7 Å². The van der Waals surface area contributed by atoms with Crippen molar-refractivity contribution < 1.29 is 9.53 Å². The van der Waals surface area contributed by atoms with Crippen molar-refractivity contribution in [2.75, 3.05) is 20.3 Å². The van der Waals surface area contributed by atoms with Crippen LogP contribution in [0.1, 0.15) is 45.1 Å². The van der Waals surface area contributed by atoms with Gasteiger partial charge in [-0.15, -0.1) is 0 Å². The third-order valence-electron chi connectivity index (χ3n) is 8.37. The van der Waals surface area contributed by atoms with Crippen LogP contribution in [-0.4, -0.2) is 47.9 Å². The van der Waals surface area contributed by atoms with Crippen LogP contribution in [-0.2, 0) is 9.53 Å². The number of pyridine rings is 1. The van der Waals surface area contributed by atoms with Crippen LogP contribution in [0.2, 0.25) is 0 Å². The summed E-state index contributed by atoms with van der Waals surface area (Å²) in [4.78, 5) is 23.5. The summed E-state index contributed by atoms with van der Waals surface area (Å²) in [5.41, 5.74) is 12.7. The van der Waals surface area contributed by atoms with Gasteiger partial charge in [0, 0.05) is 43.0 Å². The Bertz CT molecular complexity index is 1440. The fourth-order valence-corrected chi connectivity index (χ4v) is 5.98. The molecule has 1 unspecified atom stereocenters. The molecule has 1 atom stereocenters. The highest BCUT2D eigenvalue weighted by atomic mass is 16.5. The van der Waals surface area contributed by atoms with Gasteiger partial charge < -0.3 is 20.7 Å². The van der Waals surface area contributed by atoms with E-state index in [2.05, 4.69) is 77.7 Å². The highest BCUT2D eigenvalue weighted by Crippen LogP contribution is 2.36. The van der Waals surface area contributed by atoms with E-state index in [4.69, 9.17) is 15.5 Å². The predicted octanol–water partition coefficient (Wildman–Crippen LogP) is 5.73. The molecule has 0 saturated heterocycles. The number of carbonyl (C=O) groups is 1. The molecule has 208 valence electrons. The number of amidine groups is 1. The van der Waals surface area contributed by atoms with Crippen molar-refractivity contribution in [2.45, 2.75) is 45.6 Å². The van der Waals surface area contributed by atoms with E-state index >= 15 is 0 Å². The molecule has 1 saturated carbocycles. The summed E-state index contributed by atoms with van der Waals surface area (Å²) < 4.78 is 4.92. The van der Waals surface area contributed by atoms with Gasteiger partial charge in [0.1, 0.15) is 12.4 Å². The average molecular weight is 538 g/mol. The zero-order chi connectivity index (χ0) is 28.1. The number of allylic oxidation sites excluding steroid dienone is 1. The topological polar surface area (TPSA) is 92.8 Å². The Kier molecular flexibility index (Phi) is 8.60. The van der Waals surface area contributed by atoms with Crippen molar-refractivity contribution in [2.24, 2.45) is 22.6 Å². The van der Waals surface area contributed by atoms with E-state index in [1.165, 1.54) is 0 Å². The van der Waals surface area contributed by atoms with E-state index in [1.807, 2.05) is 18.2 Å². The second-order valence-electron chi connectivity index (χ2n) is 10.9. The van der Waals surface area contributed by atoms with Crippen molar-refractivity contribution in [3.05, 3.63) is 84.3 Å². The number of aromatic nitrogens is 1. The minimum absolute atomic E-state index is 0.0448. The number of hydrogen-bond donors (Lipinski definition) is 2. The maximum absolute atomic E-state index is 11.8. The average Bonchev–Trinajstić information content (AvgIpc) is 2.99. The van der Waals surface area contributed by atoms with Gasteiger partial charge in [0.05, 0.1) is 16.9 Å². The minimum atomic E-state index is -0.0448. The molecule has 7 heteroatoms. The molecular weight excluding hydrogens is 498 g/mol. The molecule has 1 aliphatic carbocycles. The summed E-state index contributed by atoms with van der Waals surface area (Å²) in [5.74, 6) is 1.52. The summed E-state index contributed by atoms with van der Waals surface area (Å²) in [6.45, 7) is 5.25. The van der Waals surface area contributed by atoms with Crippen LogP contribution >= 0.6 is 0 Å². The maximum atomic E-state index is 11.8. The van der Waals surface area contributed by atoms with Crippen molar-refractivity contribution >= 4 is 28.2 Å². The van der Waals surface area contributed by atoms with E-state index in [9.17, 15) is 4.79 Å². The molecule has 7 nitrogen and oxygen atoms in total. The lowest BCUT2D eigenvalue weighted by atomic mass is 9.78. The van der Waals surface area contributed by atoms with Gasteiger partial charge >= 0.3 is 0 Å². The molecule has 1 fully saturated rings. The van der Waals surface area contributed by atoms with Gasteiger partial charge in [0.2, 0.25) is 5.91 Å². The monoisotopic (exact) mass is 537 g/mol. The number of benzene rings is 2. The molecule has 0 spiro atoms. The van der Waals surface area contributed by atoms with E-state index in [1.54, 1.807) is 13.3 Å².